The molecule has 0 aliphatic heterocycles. The van der Waals surface area contributed by atoms with E-state index in [0.29, 0.717) is 11.3 Å². The molecule has 1 aromatic rings. The zero-order chi connectivity index (χ0) is 13.7. The van der Waals surface area contributed by atoms with E-state index in [1.54, 1.807) is 7.11 Å². The average molecular weight is 281 g/mol. The van der Waals surface area contributed by atoms with Crippen LogP contribution >= 0.6 is 11.8 Å². The molecule has 1 aliphatic rings. The van der Waals surface area contributed by atoms with E-state index < -0.39 is 0 Å². The molecular weight excluding hydrogens is 258 g/mol. The summed E-state index contributed by atoms with van der Waals surface area (Å²) in [6.07, 6.45) is 2.28. The lowest BCUT2D eigenvalue weighted by molar-refractivity contribution is 0.322. The predicted octanol–water partition coefficient (Wildman–Crippen LogP) is 2.39. The van der Waals surface area contributed by atoms with E-state index in [0.717, 1.165) is 24.5 Å². The van der Waals surface area contributed by atoms with Gasteiger partial charge in [0, 0.05) is 17.0 Å². The summed E-state index contributed by atoms with van der Waals surface area (Å²) in [5, 5.41) is 13.2. The summed E-state index contributed by atoms with van der Waals surface area (Å²) in [5.41, 5.74) is 2.79. The van der Waals surface area contributed by atoms with Gasteiger partial charge >= 0.3 is 0 Å². The van der Waals surface area contributed by atoms with Gasteiger partial charge in [0.2, 0.25) is 0 Å². The van der Waals surface area contributed by atoms with Crippen LogP contribution in [0.25, 0.3) is 0 Å². The molecule has 4 heteroatoms. The molecule has 2 unspecified atom stereocenters. The molecule has 0 bridgehead atoms. The van der Waals surface area contributed by atoms with Crippen LogP contribution in [0.2, 0.25) is 0 Å². The average Bonchev–Trinajstić information content (AvgIpc) is 2.46. The van der Waals surface area contributed by atoms with Gasteiger partial charge < -0.3 is 15.2 Å². The first-order valence-electron chi connectivity index (χ1n) is 6.92. The maximum Gasteiger partial charge on any atom is 0.119 e. The molecule has 2 rings (SSSR count). The number of nitrogens with one attached hydrogen (secondary N) is 1. The number of benzene rings is 1. The fourth-order valence-electron chi connectivity index (χ4n) is 2.73. The van der Waals surface area contributed by atoms with Crippen molar-refractivity contribution < 1.29 is 9.84 Å². The van der Waals surface area contributed by atoms with Crippen molar-refractivity contribution in [2.75, 3.05) is 26.0 Å². The molecule has 1 aliphatic carbocycles. The quantitative estimate of drug-likeness (QED) is 0.840. The summed E-state index contributed by atoms with van der Waals surface area (Å²) in [4.78, 5) is 0. The largest absolute Gasteiger partial charge is 0.497 e. The zero-order valence-electron chi connectivity index (χ0n) is 11.7. The molecule has 2 atom stereocenters. The number of thioether (sulfide) groups is 1. The third-order valence-electron chi connectivity index (χ3n) is 3.61. The van der Waals surface area contributed by atoms with Crippen LogP contribution in [0.5, 0.6) is 5.75 Å². The molecule has 0 saturated heterocycles. The fourth-order valence-corrected chi connectivity index (χ4v) is 3.85. The summed E-state index contributed by atoms with van der Waals surface area (Å²) in [6, 6.07) is 6.75. The Morgan fingerprint density at radius 1 is 1.47 bits per heavy atom. The van der Waals surface area contributed by atoms with E-state index in [2.05, 4.69) is 24.4 Å². The highest BCUT2D eigenvalue weighted by Gasteiger charge is 2.29. The van der Waals surface area contributed by atoms with Crippen LogP contribution in [0.4, 0.5) is 0 Å². The van der Waals surface area contributed by atoms with Gasteiger partial charge in [-0.2, -0.15) is 11.8 Å². The van der Waals surface area contributed by atoms with Crippen molar-refractivity contribution in [3.05, 3.63) is 29.3 Å². The minimum Gasteiger partial charge on any atom is -0.497 e. The lowest BCUT2D eigenvalue weighted by atomic mass is 9.87. The lowest BCUT2D eigenvalue weighted by Crippen LogP contribution is -2.34. The third-order valence-corrected chi connectivity index (χ3v) is 4.96. The molecule has 0 aromatic heterocycles. The Morgan fingerprint density at radius 2 is 2.32 bits per heavy atom. The molecule has 0 spiro atoms. The van der Waals surface area contributed by atoms with Crippen molar-refractivity contribution in [3.63, 3.8) is 0 Å². The van der Waals surface area contributed by atoms with Crippen molar-refractivity contribution in [3.8, 4) is 5.75 Å². The van der Waals surface area contributed by atoms with E-state index in [4.69, 9.17) is 9.84 Å². The van der Waals surface area contributed by atoms with Crippen molar-refractivity contribution >= 4 is 11.8 Å². The maximum atomic E-state index is 9.03. The highest BCUT2D eigenvalue weighted by atomic mass is 32.2. The van der Waals surface area contributed by atoms with Crippen LogP contribution in [0, 0.1) is 0 Å². The summed E-state index contributed by atoms with van der Waals surface area (Å²) >= 11 is 1.87. The van der Waals surface area contributed by atoms with E-state index in [1.165, 1.54) is 17.5 Å². The van der Waals surface area contributed by atoms with Gasteiger partial charge in [0.25, 0.3) is 0 Å². The molecule has 3 nitrogen and oxygen atoms in total. The van der Waals surface area contributed by atoms with Gasteiger partial charge in [-0.05, 0) is 42.6 Å². The maximum absolute atomic E-state index is 9.03. The van der Waals surface area contributed by atoms with Crippen LogP contribution in [0.3, 0.4) is 0 Å². The molecule has 1 aromatic carbocycles. The summed E-state index contributed by atoms with van der Waals surface area (Å²) in [5.74, 6) is 1.74. The first-order valence-corrected chi connectivity index (χ1v) is 7.97. The van der Waals surface area contributed by atoms with E-state index in [-0.39, 0.29) is 6.61 Å². The predicted molar refractivity (Wildman–Crippen MR) is 81.1 cm³/mol. The SMILES string of the molecule is CCNC1c2cc(OC)ccc2CCC1SCCO. The molecule has 0 radical (unpaired) electrons. The smallest absolute Gasteiger partial charge is 0.119 e. The minimum absolute atomic E-state index is 0.255. The Bertz CT molecular complexity index is 411. The van der Waals surface area contributed by atoms with Gasteiger partial charge in [-0.1, -0.05) is 13.0 Å². The van der Waals surface area contributed by atoms with Crippen LogP contribution < -0.4 is 10.1 Å². The first-order chi connectivity index (χ1) is 9.30. The molecule has 2 N–H and O–H groups in total. The normalized spacial score (nSPS) is 22.1. The number of rotatable bonds is 6. The number of aliphatic hydroxyl groups excluding tert-OH is 1. The second kappa shape index (κ2) is 7.17. The number of ether oxygens (including phenoxy) is 1. The molecule has 0 heterocycles. The number of aliphatic hydroxyl groups is 1. The Morgan fingerprint density at radius 3 is 3.00 bits per heavy atom. The zero-order valence-corrected chi connectivity index (χ0v) is 12.5. The second-order valence-electron chi connectivity index (χ2n) is 4.77. The number of aryl methyl sites for hydroxylation is 1. The Kier molecular flexibility index (Phi) is 5.55. The van der Waals surface area contributed by atoms with Crippen molar-refractivity contribution in [2.45, 2.75) is 31.1 Å². The Hall–Kier alpha value is -0.710. The summed E-state index contributed by atoms with van der Waals surface area (Å²) in [6.45, 7) is 3.35. The highest BCUT2D eigenvalue weighted by Crippen LogP contribution is 2.38. The first kappa shape index (κ1) is 14.7. The van der Waals surface area contributed by atoms with Crippen molar-refractivity contribution in [2.24, 2.45) is 0 Å². The second-order valence-corrected chi connectivity index (χ2v) is 6.12. The molecule has 19 heavy (non-hydrogen) atoms. The van der Waals surface area contributed by atoms with E-state index >= 15 is 0 Å². The molecule has 0 saturated carbocycles. The monoisotopic (exact) mass is 281 g/mol. The van der Waals surface area contributed by atoms with Crippen molar-refractivity contribution in [1.29, 1.82) is 0 Å². The van der Waals surface area contributed by atoms with Gasteiger partial charge in [-0.15, -0.1) is 0 Å². The van der Waals surface area contributed by atoms with Crippen LogP contribution in [0.1, 0.15) is 30.5 Å². The fraction of sp³-hybridized carbons (Fsp3) is 0.600. The van der Waals surface area contributed by atoms with Gasteiger partial charge in [0.15, 0.2) is 0 Å². The van der Waals surface area contributed by atoms with Gasteiger partial charge in [-0.25, -0.2) is 0 Å². The number of fused-ring (bicyclic) bond motifs is 1. The van der Waals surface area contributed by atoms with Crippen LogP contribution in [-0.4, -0.2) is 36.4 Å². The number of hydrogen-bond donors (Lipinski definition) is 2. The molecular formula is C15H23NO2S. The molecule has 106 valence electrons. The molecule has 0 fully saturated rings. The van der Waals surface area contributed by atoms with Crippen LogP contribution in [0.15, 0.2) is 18.2 Å². The van der Waals surface area contributed by atoms with E-state index in [1.807, 2.05) is 17.8 Å². The topological polar surface area (TPSA) is 41.5 Å². The standard InChI is InChI=1S/C15H23NO2S/c1-3-16-15-13-10-12(18-2)6-4-11(13)5-7-14(15)19-9-8-17/h4,6,10,14-17H,3,5,7-9H2,1-2H3. The highest BCUT2D eigenvalue weighted by molar-refractivity contribution is 7.99. The number of hydrogen-bond acceptors (Lipinski definition) is 4. The van der Waals surface area contributed by atoms with E-state index in [9.17, 15) is 0 Å². The number of methoxy groups -OCH3 is 1. The van der Waals surface area contributed by atoms with Crippen molar-refractivity contribution in [1.82, 2.24) is 5.32 Å². The minimum atomic E-state index is 0.255. The Balaban J connectivity index is 2.24. The lowest BCUT2D eigenvalue weighted by Gasteiger charge is -2.34. The Labute approximate surface area is 119 Å². The van der Waals surface area contributed by atoms with Gasteiger partial charge in [0.1, 0.15) is 5.75 Å². The summed E-state index contributed by atoms with van der Waals surface area (Å²) < 4.78 is 5.35. The third kappa shape index (κ3) is 3.44. The van der Waals surface area contributed by atoms with Gasteiger partial charge in [-0.3, -0.25) is 0 Å². The van der Waals surface area contributed by atoms with Crippen LogP contribution in [-0.2, 0) is 6.42 Å². The van der Waals surface area contributed by atoms with Gasteiger partial charge in [0.05, 0.1) is 13.7 Å². The summed E-state index contributed by atoms with van der Waals surface area (Å²) in [7, 11) is 1.71. The molecule has 0 amide bonds.